The molecule has 0 fully saturated rings. The quantitative estimate of drug-likeness (QED) is 0.729. The second kappa shape index (κ2) is 5.91. The van der Waals surface area contributed by atoms with Crippen LogP contribution >= 0.6 is 0 Å². The summed E-state index contributed by atoms with van der Waals surface area (Å²) in [4.78, 5) is 8.71. The minimum atomic E-state index is 0.828. The minimum Gasteiger partial charge on any atom is -0.369 e. The number of rotatable bonds is 5. The highest BCUT2D eigenvalue weighted by atomic mass is 15.3. The first-order valence-electron chi connectivity index (χ1n) is 7.29. The summed E-state index contributed by atoms with van der Waals surface area (Å²) in [5, 5.41) is 8.78. The third-order valence-corrected chi connectivity index (χ3v) is 3.43. The summed E-state index contributed by atoms with van der Waals surface area (Å²) in [6.07, 6.45) is 5.69. The van der Waals surface area contributed by atoms with Crippen molar-refractivity contribution in [2.45, 2.75) is 26.7 Å². The van der Waals surface area contributed by atoms with Gasteiger partial charge in [-0.05, 0) is 31.0 Å². The Labute approximate surface area is 124 Å². The van der Waals surface area contributed by atoms with E-state index >= 15 is 0 Å². The lowest BCUT2D eigenvalue weighted by atomic mass is 10.2. The van der Waals surface area contributed by atoms with Gasteiger partial charge in [-0.15, -0.1) is 0 Å². The molecule has 0 aliphatic heterocycles. The zero-order valence-electron chi connectivity index (χ0n) is 12.4. The molecule has 3 aromatic rings. The lowest BCUT2D eigenvalue weighted by Crippen LogP contribution is -2.04. The lowest BCUT2D eigenvalue weighted by Gasteiger charge is -2.06. The number of unbranched alkanes of at least 4 members (excludes halogenated alkanes) is 1. The third-order valence-electron chi connectivity index (χ3n) is 3.43. The molecule has 21 heavy (non-hydrogen) atoms. The van der Waals surface area contributed by atoms with E-state index in [0.29, 0.717) is 0 Å². The van der Waals surface area contributed by atoms with Gasteiger partial charge in [-0.3, -0.25) is 0 Å². The fourth-order valence-electron chi connectivity index (χ4n) is 2.32. The second-order valence-electron chi connectivity index (χ2n) is 5.14. The van der Waals surface area contributed by atoms with E-state index < -0.39 is 0 Å². The van der Waals surface area contributed by atoms with Crippen molar-refractivity contribution in [1.29, 1.82) is 0 Å². The summed E-state index contributed by atoms with van der Waals surface area (Å²) in [6.45, 7) is 5.16. The first-order chi connectivity index (χ1) is 10.3. The molecule has 0 saturated heterocycles. The molecule has 0 aliphatic rings. The normalized spacial score (nSPS) is 11.0. The largest absolute Gasteiger partial charge is 0.369 e. The van der Waals surface area contributed by atoms with Gasteiger partial charge in [-0.25, -0.2) is 14.6 Å². The highest BCUT2D eigenvalue weighted by Crippen LogP contribution is 2.21. The van der Waals surface area contributed by atoms with Gasteiger partial charge in [0.1, 0.15) is 12.1 Å². The molecule has 0 saturated carbocycles. The van der Waals surface area contributed by atoms with Crippen LogP contribution in [0.1, 0.15) is 25.3 Å². The first-order valence-corrected chi connectivity index (χ1v) is 7.29. The van der Waals surface area contributed by atoms with E-state index in [1.807, 2.05) is 23.0 Å². The fraction of sp³-hybridized carbons (Fsp3) is 0.312. The Bertz CT molecular complexity index is 747. The molecule has 3 rings (SSSR count). The molecule has 2 heterocycles. The molecule has 0 bridgehead atoms. The molecule has 5 heteroatoms. The summed E-state index contributed by atoms with van der Waals surface area (Å²) in [7, 11) is 0. The van der Waals surface area contributed by atoms with Crippen molar-refractivity contribution in [3.8, 4) is 5.69 Å². The number of hydrogen-bond acceptors (Lipinski definition) is 4. The van der Waals surface area contributed by atoms with E-state index in [2.05, 4.69) is 46.4 Å². The van der Waals surface area contributed by atoms with Crippen molar-refractivity contribution in [2.24, 2.45) is 0 Å². The van der Waals surface area contributed by atoms with Crippen LogP contribution in [0.5, 0.6) is 0 Å². The van der Waals surface area contributed by atoms with Crippen molar-refractivity contribution in [1.82, 2.24) is 19.7 Å². The standard InChI is InChI=1S/C16H19N5/c1-3-4-8-17-15-14-10-20-21(16(14)19-11-18-15)13-7-5-6-12(2)9-13/h5-7,9-11H,3-4,8H2,1-2H3,(H,17,18,19). The number of nitrogens with one attached hydrogen (secondary N) is 1. The van der Waals surface area contributed by atoms with Crippen molar-refractivity contribution in [2.75, 3.05) is 11.9 Å². The molecule has 1 N–H and O–H groups in total. The van der Waals surface area contributed by atoms with Gasteiger partial charge in [0.15, 0.2) is 5.65 Å². The molecule has 0 spiro atoms. The van der Waals surface area contributed by atoms with Gasteiger partial charge < -0.3 is 5.32 Å². The van der Waals surface area contributed by atoms with Gasteiger partial charge in [-0.1, -0.05) is 25.5 Å². The van der Waals surface area contributed by atoms with Crippen LogP contribution in [0.4, 0.5) is 5.82 Å². The lowest BCUT2D eigenvalue weighted by molar-refractivity contribution is 0.831. The van der Waals surface area contributed by atoms with Crippen LogP contribution in [0.15, 0.2) is 36.8 Å². The minimum absolute atomic E-state index is 0.828. The summed E-state index contributed by atoms with van der Waals surface area (Å²) in [5.41, 5.74) is 3.05. The highest BCUT2D eigenvalue weighted by Gasteiger charge is 2.10. The Balaban J connectivity index is 2.01. The van der Waals surface area contributed by atoms with Gasteiger partial charge in [0, 0.05) is 6.54 Å². The molecule has 0 radical (unpaired) electrons. The van der Waals surface area contributed by atoms with E-state index in [9.17, 15) is 0 Å². The predicted octanol–water partition coefficient (Wildman–Crippen LogP) is 3.34. The number of anilines is 1. The van der Waals surface area contributed by atoms with Crippen molar-refractivity contribution in [3.05, 3.63) is 42.4 Å². The van der Waals surface area contributed by atoms with Crippen LogP contribution in [0.2, 0.25) is 0 Å². The molecular weight excluding hydrogens is 262 g/mol. The molecule has 0 aliphatic carbocycles. The number of fused-ring (bicyclic) bond motifs is 1. The Morgan fingerprint density at radius 3 is 2.95 bits per heavy atom. The summed E-state index contributed by atoms with van der Waals surface area (Å²) < 4.78 is 1.86. The average Bonchev–Trinajstić information content (AvgIpc) is 2.92. The fourth-order valence-corrected chi connectivity index (χ4v) is 2.32. The van der Waals surface area contributed by atoms with Crippen molar-refractivity contribution < 1.29 is 0 Å². The maximum Gasteiger partial charge on any atom is 0.168 e. The third kappa shape index (κ3) is 2.72. The number of aromatic nitrogens is 4. The van der Waals surface area contributed by atoms with Crippen LogP contribution < -0.4 is 5.32 Å². The Morgan fingerprint density at radius 1 is 1.24 bits per heavy atom. The number of nitrogens with zero attached hydrogens (tertiary/aromatic N) is 4. The van der Waals surface area contributed by atoms with Crippen molar-refractivity contribution >= 4 is 16.9 Å². The summed E-state index contributed by atoms with van der Waals surface area (Å²) >= 11 is 0. The predicted molar refractivity (Wildman–Crippen MR) is 84.8 cm³/mol. The SMILES string of the molecule is CCCCNc1ncnc2c1cnn2-c1cccc(C)c1. The molecular formula is C16H19N5. The summed E-state index contributed by atoms with van der Waals surface area (Å²) in [6, 6.07) is 8.23. The van der Waals surface area contributed by atoms with Crippen LogP contribution in [0.3, 0.4) is 0 Å². The Kier molecular flexibility index (Phi) is 3.81. The van der Waals surface area contributed by atoms with Gasteiger partial charge >= 0.3 is 0 Å². The molecule has 2 aromatic heterocycles. The van der Waals surface area contributed by atoms with Crippen LogP contribution in [-0.4, -0.2) is 26.3 Å². The molecule has 1 aromatic carbocycles. The molecule has 108 valence electrons. The van der Waals surface area contributed by atoms with Crippen LogP contribution in [-0.2, 0) is 0 Å². The topological polar surface area (TPSA) is 55.6 Å². The second-order valence-corrected chi connectivity index (χ2v) is 5.14. The van der Waals surface area contributed by atoms with E-state index in [1.54, 1.807) is 6.33 Å². The van der Waals surface area contributed by atoms with E-state index in [1.165, 1.54) is 5.56 Å². The summed E-state index contributed by atoms with van der Waals surface area (Å²) in [5.74, 6) is 0.854. The average molecular weight is 281 g/mol. The monoisotopic (exact) mass is 281 g/mol. The van der Waals surface area contributed by atoms with Gasteiger partial charge in [-0.2, -0.15) is 5.10 Å². The van der Waals surface area contributed by atoms with Crippen molar-refractivity contribution in [3.63, 3.8) is 0 Å². The molecule has 0 amide bonds. The molecule has 0 atom stereocenters. The maximum atomic E-state index is 4.47. The van der Waals surface area contributed by atoms with E-state index in [0.717, 1.165) is 41.9 Å². The smallest absolute Gasteiger partial charge is 0.168 e. The number of aryl methyl sites for hydroxylation is 1. The van der Waals surface area contributed by atoms with Crippen LogP contribution in [0.25, 0.3) is 16.7 Å². The Morgan fingerprint density at radius 2 is 2.14 bits per heavy atom. The van der Waals surface area contributed by atoms with Gasteiger partial charge in [0.25, 0.3) is 0 Å². The molecule has 0 unspecified atom stereocenters. The van der Waals surface area contributed by atoms with E-state index in [-0.39, 0.29) is 0 Å². The molecule has 5 nitrogen and oxygen atoms in total. The van der Waals surface area contributed by atoms with Crippen LogP contribution in [0, 0.1) is 6.92 Å². The maximum absolute atomic E-state index is 4.47. The Hall–Kier alpha value is -2.43. The van der Waals surface area contributed by atoms with Gasteiger partial charge in [0.2, 0.25) is 0 Å². The zero-order chi connectivity index (χ0) is 14.7. The highest BCUT2D eigenvalue weighted by molar-refractivity contribution is 5.87. The number of hydrogen-bond donors (Lipinski definition) is 1. The zero-order valence-corrected chi connectivity index (χ0v) is 12.4. The first kappa shape index (κ1) is 13.5. The number of benzene rings is 1. The van der Waals surface area contributed by atoms with E-state index in [4.69, 9.17) is 0 Å². The van der Waals surface area contributed by atoms with Gasteiger partial charge in [0.05, 0.1) is 17.3 Å².